The highest BCUT2D eigenvalue weighted by atomic mass is 32.1. The van der Waals surface area contributed by atoms with Crippen molar-refractivity contribution >= 4 is 11.3 Å². The summed E-state index contributed by atoms with van der Waals surface area (Å²) in [6, 6.07) is 6.44. The zero-order valence-electron chi connectivity index (χ0n) is 8.66. The van der Waals surface area contributed by atoms with E-state index in [1.54, 1.807) is 25.3 Å². The van der Waals surface area contributed by atoms with E-state index >= 15 is 0 Å². The van der Waals surface area contributed by atoms with E-state index in [0.717, 1.165) is 10.4 Å². The van der Waals surface area contributed by atoms with E-state index in [4.69, 9.17) is 11.2 Å². The number of halogens is 1. The van der Waals surface area contributed by atoms with Gasteiger partial charge in [-0.1, -0.05) is 5.92 Å². The van der Waals surface area contributed by atoms with Gasteiger partial charge in [-0.2, -0.15) is 0 Å². The van der Waals surface area contributed by atoms with Crippen molar-refractivity contribution in [2.24, 2.45) is 0 Å². The van der Waals surface area contributed by atoms with Crippen molar-refractivity contribution in [1.82, 2.24) is 0 Å². The van der Waals surface area contributed by atoms with Crippen LogP contribution in [0.2, 0.25) is 0 Å². The Hall–Kier alpha value is -1.79. The fourth-order valence-electron chi connectivity index (χ4n) is 1.41. The Kier molecular flexibility index (Phi) is 2.93. The lowest BCUT2D eigenvalue weighted by Crippen LogP contribution is -1.86. The van der Waals surface area contributed by atoms with Crippen molar-refractivity contribution in [1.29, 1.82) is 0 Å². The minimum absolute atomic E-state index is 0.276. The lowest BCUT2D eigenvalue weighted by Gasteiger charge is -2.04. The summed E-state index contributed by atoms with van der Waals surface area (Å²) in [5, 5.41) is 1.84. The molecule has 0 atom stereocenters. The Balaban J connectivity index is 2.50. The van der Waals surface area contributed by atoms with Crippen LogP contribution in [-0.2, 0) is 0 Å². The van der Waals surface area contributed by atoms with Gasteiger partial charge < -0.3 is 4.74 Å². The second-order valence-electron chi connectivity index (χ2n) is 3.19. The Morgan fingerprint density at radius 3 is 2.81 bits per heavy atom. The van der Waals surface area contributed by atoms with Gasteiger partial charge in [-0.25, -0.2) is 4.39 Å². The van der Waals surface area contributed by atoms with Crippen LogP contribution >= 0.6 is 11.3 Å². The van der Waals surface area contributed by atoms with Gasteiger partial charge in [0.25, 0.3) is 0 Å². The van der Waals surface area contributed by atoms with Crippen LogP contribution in [0.15, 0.2) is 29.6 Å². The fraction of sp³-hybridized carbons (Fsp3) is 0.0769. The molecule has 0 radical (unpaired) electrons. The molecule has 0 aliphatic heterocycles. The lowest BCUT2D eigenvalue weighted by molar-refractivity contribution is 0.414. The van der Waals surface area contributed by atoms with E-state index in [9.17, 15) is 4.39 Å². The van der Waals surface area contributed by atoms with E-state index < -0.39 is 0 Å². The Morgan fingerprint density at radius 1 is 1.38 bits per heavy atom. The Bertz CT molecular complexity index is 551. The summed E-state index contributed by atoms with van der Waals surface area (Å²) in [5.74, 6) is 2.88. The second-order valence-corrected chi connectivity index (χ2v) is 4.10. The molecule has 1 aromatic carbocycles. The number of hydrogen-bond donors (Lipinski definition) is 0. The molecule has 0 spiro atoms. The average molecular weight is 232 g/mol. The van der Waals surface area contributed by atoms with Gasteiger partial charge in [0.2, 0.25) is 0 Å². The molecule has 1 nitrogen and oxygen atoms in total. The molecule has 0 amide bonds. The minimum atomic E-state index is -0.276. The fourth-order valence-corrected chi connectivity index (χ4v) is 2.12. The van der Waals surface area contributed by atoms with Crippen molar-refractivity contribution in [2.75, 3.05) is 7.11 Å². The smallest absolute Gasteiger partial charge is 0.131 e. The molecule has 2 rings (SSSR count). The van der Waals surface area contributed by atoms with Crippen molar-refractivity contribution in [3.63, 3.8) is 0 Å². The SMILES string of the molecule is C#Cc1cc(-c2cc(OC)ccc2F)cs1. The molecule has 16 heavy (non-hydrogen) atoms. The van der Waals surface area contributed by atoms with Crippen molar-refractivity contribution < 1.29 is 9.13 Å². The summed E-state index contributed by atoms with van der Waals surface area (Å²) >= 11 is 1.42. The van der Waals surface area contributed by atoms with Crippen LogP contribution in [0, 0.1) is 18.2 Å². The number of terminal acetylenes is 1. The van der Waals surface area contributed by atoms with Gasteiger partial charge in [0.05, 0.1) is 12.0 Å². The topological polar surface area (TPSA) is 9.23 Å². The zero-order chi connectivity index (χ0) is 11.5. The normalized spacial score (nSPS) is 9.81. The number of methoxy groups -OCH3 is 1. The number of rotatable bonds is 2. The molecule has 3 heteroatoms. The number of thiophene rings is 1. The monoisotopic (exact) mass is 232 g/mol. The summed E-state index contributed by atoms with van der Waals surface area (Å²) < 4.78 is 18.7. The number of ether oxygens (including phenoxy) is 1. The van der Waals surface area contributed by atoms with Crippen LogP contribution in [0.5, 0.6) is 5.75 Å². The summed E-state index contributed by atoms with van der Waals surface area (Å²) in [5.41, 5.74) is 1.30. The minimum Gasteiger partial charge on any atom is -0.497 e. The third-order valence-electron chi connectivity index (χ3n) is 2.23. The van der Waals surface area contributed by atoms with Gasteiger partial charge in [0, 0.05) is 5.56 Å². The molecule has 0 aliphatic carbocycles. The van der Waals surface area contributed by atoms with Gasteiger partial charge in [0.15, 0.2) is 0 Å². The van der Waals surface area contributed by atoms with Crippen molar-refractivity contribution in [3.8, 4) is 29.2 Å². The summed E-state index contributed by atoms with van der Waals surface area (Å²) in [4.78, 5) is 0.789. The summed E-state index contributed by atoms with van der Waals surface area (Å²) in [6.45, 7) is 0. The van der Waals surface area contributed by atoms with Crippen LogP contribution < -0.4 is 4.74 Å². The predicted molar refractivity (Wildman–Crippen MR) is 64.2 cm³/mol. The van der Waals surface area contributed by atoms with Gasteiger partial charge in [-0.05, 0) is 35.2 Å². The largest absolute Gasteiger partial charge is 0.497 e. The first kappa shape index (κ1) is 10.7. The maximum Gasteiger partial charge on any atom is 0.131 e. The third-order valence-corrected chi connectivity index (χ3v) is 3.09. The molecule has 1 aromatic heterocycles. The highest BCUT2D eigenvalue weighted by Gasteiger charge is 2.08. The standard InChI is InChI=1S/C13H9FOS/c1-3-11-6-9(8-16-11)12-7-10(15-2)4-5-13(12)14/h1,4-8H,2H3. The van der Waals surface area contributed by atoms with Crippen LogP contribution in [0.3, 0.4) is 0 Å². The second kappa shape index (κ2) is 4.38. The number of benzene rings is 1. The quantitative estimate of drug-likeness (QED) is 0.719. The van der Waals surface area contributed by atoms with E-state index in [-0.39, 0.29) is 5.82 Å². The maximum absolute atomic E-state index is 13.6. The first-order chi connectivity index (χ1) is 7.74. The first-order valence-corrected chi connectivity index (χ1v) is 5.51. The summed E-state index contributed by atoms with van der Waals surface area (Å²) in [6.07, 6.45) is 5.28. The molecule has 0 fully saturated rings. The molecule has 1 heterocycles. The highest BCUT2D eigenvalue weighted by Crippen LogP contribution is 2.30. The van der Waals surface area contributed by atoms with Crippen LogP contribution in [-0.4, -0.2) is 7.11 Å². The Morgan fingerprint density at radius 2 is 2.19 bits per heavy atom. The predicted octanol–water partition coefficient (Wildman–Crippen LogP) is 3.54. The van der Waals surface area contributed by atoms with Crippen LogP contribution in [0.1, 0.15) is 4.88 Å². The molecule has 2 aromatic rings. The van der Waals surface area contributed by atoms with Crippen molar-refractivity contribution in [3.05, 3.63) is 40.3 Å². The Labute approximate surface area is 97.5 Å². The van der Waals surface area contributed by atoms with Gasteiger partial charge in [0.1, 0.15) is 11.6 Å². The van der Waals surface area contributed by atoms with E-state index in [1.165, 1.54) is 17.4 Å². The molecule has 0 N–H and O–H groups in total. The average Bonchev–Trinajstić information content (AvgIpc) is 2.78. The van der Waals surface area contributed by atoms with Crippen LogP contribution in [0.4, 0.5) is 4.39 Å². The van der Waals surface area contributed by atoms with Gasteiger partial charge in [-0.3, -0.25) is 0 Å². The molecule has 0 unspecified atom stereocenters. The first-order valence-electron chi connectivity index (χ1n) is 4.63. The maximum atomic E-state index is 13.6. The molecule has 0 bridgehead atoms. The highest BCUT2D eigenvalue weighted by molar-refractivity contribution is 7.11. The molecular weight excluding hydrogens is 223 g/mol. The molecule has 0 saturated heterocycles. The molecular formula is C13H9FOS. The van der Waals surface area contributed by atoms with E-state index in [2.05, 4.69) is 5.92 Å². The van der Waals surface area contributed by atoms with Crippen molar-refractivity contribution in [2.45, 2.75) is 0 Å². The number of hydrogen-bond acceptors (Lipinski definition) is 2. The molecule has 0 aliphatic rings. The zero-order valence-corrected chi connectivity index (χ0v) is 9.48. The lowest BCUT2D eigenvalue weighted by atomic mass is 10.1. The van der Waals surface area contributed by atoms with Gasteiger partial charge >= 0.3 is 0 Å². The summed E-state index contributed by atoms with van der Waals surface area (Å²) in [7, 11) is 1.55. The third kappa shape index (κ3) is 1.93. The van der Waals surface area contributed by atoms with Crippen LogP contribution in [0.25, 0.3) is 11.1 Å². The molecule has 0 saturated carbocycles. The van der Waals surface area contributed by atoms with E-state index in [0.29, 0.717) is 11.3 Å². The van der Waals surface area contributed by atoms with Gasteiger partial charge in [-0.15, -0.1) is 17.8 Å². The van der Waals surface area contributed by atoms with E-state index in [1.807, 2.05) is 5.38 Å². The molecule has 80 valence electrons.